The molecule has 3 unspecified atom stereocenters. The van der Waals surface area contributed by atoms with Crippen molar-refractivity contribution in [3.8, 4) is 11.4 Å². The number of hydrogen-bond acceptors (Lipinski definition) is 6. The lowest BCUT2D eigenvalue weighted by Gasteiger charge is -2.47. The highest BCUT2D eigenvalue weighted by Gasteiger charge is 2.64. The molecule has 1 aliphatic heterocycles. The van der Waals surface area contributed by atoms with Crippen molar-refractivity contribution < 1.29 is 13.2 Å². The summed E-state index contributed by atoms with van der Waals surface area (Å²) >= 11 is 6.58. The first-order chi connectivity index (χ1) is 19.0. The third kappa shape index (κ3) is 5.05. The monoisotopic (exact) mass is 590 g/mol. The zero-order chi connectivity index (χ0) is 28.8. The third-order valence-corrected chi connectivity index (χ3v) is 11.9. The first-order valence-corrected chi connectivity index (χ1v) is 16.4. The van der Waals surface area contributed by atoms with Crippen molar-refractivity contribution in [1.82, 2.24) is 24.5 Å². The number of H-pyrrole nitrogens is 1. The molecule has 0 bridgehead atoms. The van der Waals surface area contributed by atoms with Crippen molar-refractivity contribution in [2.75, 3.05) is 18.6 Å². The second-order valence-corrected chi connectivity index (χ2v) is 15.0. The fraction of sp³-hybridized carbons (Fsp3) is 0.655. The number of unbranched alkanes of at least 4 members (excludes halogenated alkanes) is 1. The molecule has 9 nitrogen and oxygen atoms in total. The molecular weight excluding hydrogens is 548 g/mol. The molecular formula is C29H43ClN6O3S. The van der Waals surface area contributed by atoms with Gasteiger partial charge in [0.25, 0.3) is 0 Å². The molecule has 3 aromatic rings. The van der Waals surface area contributed by atoms with Crippen LogP contribution in [0, 0.1) is 5.41 Å². The van der Waals surface area contributed by atoms with Gasteiger partial charge in [-0.25, -0.2) is 18.1 Å². The van der Waals surface area contributed by atoms with E-state index in [1.54, 1.807) is 4.63 Å². The van der Waals surface area contributed by atoms with E-state index in [0.717, 1.165) is 55.5 Å². The topological polar surface area (TPSA) is 113 Å². The van der Waals surface area contributed by atoms with E-state index in [4.69, 9.17) is 16.3 Å². The Morgan fingerprint density at radius 1 is 1.23 bits per heavy atom. The molecule has 1 aliphatic carbocycles. The van der Waals surface area contributed by atoms with Crippen LogP contribution in [0.3, 0.4) is 0 Å². The molecule has 40 heavy (non-hydrogen) atoms. The molecule has 0 radical (unpaired) electrons. The highest BCUT2D eigenvalue weighted by molar-refractivity contribution is 7.91. The van der Waals surface area contributed by atoms with Gasteiger partial charge in [0.05, 0.1) is 16.5 Å². The van der Waals surface area contributed by atoms with Gasteiger partial charge in [0.2, 0.25) is 10.0 Å². The average molecular weight is 591 g/mol. The van der Waals surface area contributed by atoms with Crippen molar-refractivity contribution in [2.45, 2.75) is 102 Å². The van der Waals surface area contributed by atoms with Gasteiger partial charge in [-0.2, -0.15) is 4.63 Å². The molecule has 1 aromatic carbocycles. The smallest absolute Gasteiger partial charge is 0.218 e. The fourth-order valence-electron chi connectivity index (χ4n) is 6.73. The van der Waals surface area contributed by atoms with E-state index in [0.29, 0.717) is 42.6 Å². The second kappa shape index (κ2) is 10.9. The number of sulfonamides is 1. The number of anilines is 1. The molecule has 1 spiro atoms. The Morgan fingerprint density at radius 2 is 1.98 bits per heavy atom. The minimum absolute atomic E-state index is 0.0943. The SMILES string of the molecule is CCCCC1(CC)CNS(=O)(=O)C12CCCC(OCNc1ccc(-c3nc4c(Cl)c(C(C)(C)C)[nH]n4n3)cc1)C2. The molecule has 11 heteroatoms. The van der Waals surface area contributed by atoms with Crippen LogP contribution in [0.2, 0.25) is 5.02 Å². The maximum absolute atomic E-state index is 13.4. The van der Waals surface area contributed by atoms with Crippen LogP contribution < -0.4 is 10.0 Å². The van der Waals surface area contributed by atoms with Gasteiger partial charge < -0.3 is 10.1 Å². The molecule has 3 N–H and O–H groups in total. The van der Waals surface area contributed by atoms with Crippen LogP contribution in [0.25, 0.3) is 17.0 Å². The lowest BCUT2D eigenvalue weighted by atomic mass is 9.63. The Kier molecular flexibility index (Phi) is 8.02. The van der Waals surface area contributed by atoms with Crippen LogP contribution >= 0.6 is 11.6 Å². The van der Waals surface area contributed by atoms with Crippen LogP contribution in [0.4, 0.5) is 5.69 Å². The maximum Gasteiger partial charge on any atom is 0.218 e. The predicted octanol–water partition coefficient (Wildman–Crippen LogP) is 6.26. The van der Waals surface area contributed by atoms with E-state index in [9.17, 15) is 8.42 Å². The molecule has 2 aromatic heterocycles. The highest BCUT2D eigenvalue weighted by atomic mass is 35.5. The summed E-state index contributed by atoms with van der Waals surface area (Å²) in [5, 5.41) is 11.8. The van der Waals surface area contributed by atoms with Gasteiger partial charge >= 0.3 is 0 Å². The summed E-state index contributed by atoms with van der Waals surface area (Å²) in [4.78, 5) is 4.64. The molecule has 3 heterocycles. The third-order valence-electron chi connectivity index (χ3n) is 9.16. The summed E-state index contributed by atoms with van der Waals surface area (Å²) in [7, 11) is -3.39. The summed E-state index contributed by atoms with van der Waals surface area (Å²) < 4.78 is 36.8. The van der Waals surface area contributed by atoms with Crippen molar-refractivity contribution >= 4 is 33.0 Å². The zero-order valence-corrected chi connectivity index (χ0v) is 25.9. The number of nitrogens with zero attached hydrogens (tertiary/aromatic N) is 3. The number of fused-ring (bicyclic) bond motifs is 1. The highest BCUT2D eigenvalue weighted by Crippen LogP contribution is 2.55. The fourth-order valence-corrected chi connectivity index (χ4v) is 9.62. The van der Waals surface area contributed by atoms with E-state index < -0.39 is 14.8 Å². The van der Waals surface area contributed by atoms with E-state index in [1.165, 1.54) is 0 Å². The van der Waals surface area contributed by atoms with Crippen LogP contribution in [-0.2, 0) is 20.2 Å². The number of aromatic nitrogens is 4. The lowest BCUT2D eigenvalue weighted by molar-refractivity contribution is 0.00271. The summed E-state index contributed by atoms with van der Waals surface area (Å²) in [6, 6.07) is 7.87. The summed E-state index contributed by atoms with van der Waals surface area (Å²) in [5.74, 6) is 0.595. The zero-order valence-electron chi connectivity index (χ0n) is 24.3. The van der Waals surface area contributed by atoms with E-state index in [1.807, 2.05) is 24.3 Å². The number of hydrogen-bond donors (Lipinski definition) is 3. The molecule has 2 fully saturated rings. The number of halogens is 1. The van der Waals surface area contributed by atoms with Crippen molar-refractivity contribution in [1.29, 1.82) is 0 Å². The standard InChI is InChI=1S/C29H43ClN6O3S/c1-6-8-15-28(7-2)18-32-40(37,38)29(28)16-9-10-22(17-29)39-19-31-21-13-11-20(12-14-21)25-33-26-23(30)24(27(3,4)5)34-36(26)35-25/h11-14,22,31-32,34H,6-10,15-19H2,1-5H3. The Morgan fingerprint density at radius 3 is 2.62 bits per heavy atom. The van der Waals surface area contributed by atoms with Gasteiger partial charge in [0, 0.05) is 28.6 Å². The van der Waals surface area contributed by atoms with Gasteiger partial charge in [0.15, 0.2) is 11.5 Å². The van der Waals surface area contributed by atoms with Crippen molar-refractivity contribution in [3.63, 3.8) is 0 Å². The van der Waals surface area contributed by atoms with Crippen LogP contribution in [0.15, 0.2) is 24.3 Å². The predicted molar refractivity (Wildman–Crippen MR) is 160 cm³/mol. The molecule has 1 saturated carbocycles. The van der Waals surface area contributed by atoms with Gasteiger partial charge in [-0.3, -0.25) is 5.10 Å². The first kappa shape index (κ1) is 29.4. The average Bonchev–Trinajstić information content (AvgIpc) is 3.54. The van der Waals surface area contributed by atoms with Gasteiger partial charge in [0.1, 0.15) is 11.8 Å². The minimum atomic E-state index is -3.39. The Hall–Kier alpha value is -2.14. The summed E-state index contributed by atoms with van der Waals surface area (Å²) in [6.07, 6.45) is 6.84. The van der Waals surface area contributed by atoms with Gasteiger partial charge in [-0.1, -0.05) is 59.1 Å². The maximum atomic E-state index is 13.4. The van der Waals surface area contributed by atoms with Crippen LogP contribution in [0.1, 0.15) is 91.7 Å². The van der Waals surface area contributed by atoms with Crippen LogP contribution in [0.5, 0.6) is 0 Å². The normalized spacial score (nSPS) is 26.6. The molecule has 1 saturated heterocycles. The number of ether oxygens (including phenoxy) is 1. The molecule has 220 valence electrons. The quantitative estimate of drug-likeness (QED) is 0.253. The Labute approximate surface area is 242 Å². The number of nitrogens with one attached hydrogen (secondary N) is 3. The van der Waals surface area contributed by atoms with Crippen LogP contribution in [-0.4, -0.2) is 52.4 Å². The van der Waals surface area contributed by atoms with Gasteiger partial charge in [-0.05, 0) is 62.8 Å². The number of aromatic amines is 1. The van der Waals surface area contributed by atoms with E-state index in [2.05, 4.69) is 59.8 Å². The Balaban J connectivity index is 1.22. The Bertz CT molecular complexity index is 1440. The van der Waals surface area contributed by atoms with Crippen molar-refractivity contribution in [2.24, 2.45) is 5.41 Å². The number of rotatable bonds is 9. The summed E-state index contributed by atoms with van der Waals surface area (Å²) in [5.41, 5.74) is 2.95. The largest absolute Gasteiger partial charge is 0.363 e. The van der Waals surface area contributed by atoms with Gasteiger partial charge in [-0.15, -0.1) is 5.10 Å². The molecule has 2 aliphatic rings. The summed E-state index contributed by atoms with van der Waals surface area (Å²) in [6.45, 7) is 11.5. The molecule has 0 amide bonds. The van der Waals surface area contributed by atoms with Crippen molar-refractivity contribution in [3.05, 3.63) is 35.0 Å². The van der Waals surface area contributed by atoms with E-state index >= 15 is 0 Å². The minimum Gasteiger partial charge on any atom is -0.363 e. The first-order valence-electron chi connectivity index (χ1n) is 14.5. The lowest BCUT2D eigenvalue weighted by Crippen LogP contribution is -2.54. The molecule has 3 atom stereocenters. The molecule has 5 rings (SSSR count). The number of benzene rings is 1. The second-order valence-electron chi connectivity index (χ2n) is 12.6. The van der Waals surface area contributed by atoms with E-state index in [-0.39, 0.29) is 16.9 Å².